The molecular weight excluding hydrogens is 831 g/mol. The molecule has 15 heteroatoms. The Morgan fingerprint density at radius 2 is 2.00 bits per heavy atom. The van der Waals surface area contributed by atoms with Crippen LogP contribution in [0.5, 0.6) is 0 Å². The van der Waals surface area contributed by atoms with E-state index in [4.69, 9.17) is 9.47 Å². The molecule has 2 aliphatic rings. The molecule has 1 aromatic carbocycles. The monoisotopic (exact) mass is 865 g/mol. The predicted octanol–water partition coefficient (Wildman–Crippen LogP) is 4.89. The molecule has 4 rings (SSSR count). The van der Waals surface area contributed by atoms with Crippen LogP contribution in [-0.2, 0) is 19.1 Å². The van der Waals surface area contributed by atoms with Crippen LogP contribution in [0, 0.1) is 9.39 Å². The molecule has 0 spiro atoms. The molecule has 242 valence electrons. The van der Waals surface area contributed by atoms with Gasteiger partial charge in [0.25, 0.3) is 0 Å². The Hall–Kier alpha value is -2.64. The largest absolute Gasteiger partial charge is 0.466 e. The molecule has 0 saturated carbocycles. The van der Waals surface area contributed by atoms with Crippen molar-refractivity contribution in [3.05, 3.63) is 74.5 Å². The minimum Gasteiger partial charge on any atom is -0.466 e. The van der Waals surface area contributed by atoms with E-state index >= 15 is 0 Å². The van der Waals surface area contributed by atoms with Gasteiger partial charge in [-0.2, -0.15) is 0 Å². The number of piperidine rings is 1. The Balaban J connectivity index is 1.50. The Morgan fingerprint density at radius 1 is 1.22 bits per heavy atom. The molecule has 2 N–H and O–H groups in total. The van der Waals surface area contributed by atoms with Crippen LogP contribution >= 0.6 is 50.9 Å². The Bertz CT molecular complexity index is 1440. The molecule has 0 radical (unpaired) electrons. The van der Waals surface area contributed by atoms with Crippen molar-refractivity contribution in [2.24, 2.45) is 0 Å². The second-order valence-corrected chi connectivity index (χ2v) is 14.6. The number of pyridine rings is 1. The normalized spacial score (nSPS) is 17.5. The number of esters is 2. The lowest BCUT2D eigenvalue weighted by molar-refractivity contribution is -0.141. The molecule has 2 aliphatic heterocycles. The van der Waals surface area contributed by atoms with E-state index < -0.39 is 62.3 Å². The van der Waals surface area contributed by atoms with Crippen molar-refractivity contribution in [1.82, 2.24) is 25.4 Å². The first-order chi connectivity index (χ1) is 21.8. The number of halogens is 3. The average molecular weight is 866 g/mol. The summed E-state index contributed by atoms with van der Waals surface area (Å²) < 4.78 is 28.9. The zero-order valence-corrected chi connectivity index (χ0v) is 29.7. The molecule has 1 fully saturated rings. The number of hydrogen-bond acceptors (Lipinski definition) is 9. The number of amides is 4. The van der Waals surface area contributed by atoms with Crippen LogP contribution < -0.4 is 10.6 Å². The van der Waals surface area contributed by atoms with Crippen molar-refractivity contribution >= 4 is 79.4 Å². The first kappa shape index (κ1) is 35.2. The number of carbonyl (C=O) groups excluding carboxylic acids is 4. The van der Waals surface area contributed by atoms with E-state index in [1.54, 1.807) is 0 Å². The molecular formula is C30H34FI2N5O6S. The SMILES string of the molecule is C=Ic1cc(C2C(C(=O)OC)=C(C(=O)OCCSI)NC(=O)N2C(=O)NCCCN2CCC(c3ccccn3)CC2)ccc1F. The minimum absolute atomic E-state index is 0.0303. The number of nitrogens with zero attached hydrogens (tertiary/aromatic N) is 3. The van der Waals surface area contributed by atoms with Gasteiger partial charge in [0, 0.05) is 33.7 Å². The highest BCUT2D eigenvalue weighted by Crippen LogP contribution is 2.36. The number of hydrogen-bond donors (Lipinski definition) is 2. The van der Waals surface area contributed by atoms with Crippen LogP contribution in [0.2, 0.25) is 0 Å². The zero-order chi connectivity index (χ0) is 32.3. The number of imide groups is 1. The van der Waals surface area contributed by atoms with Crippen molar-refractivity contribution in [2.45, 2.75) is 31.2 Å². The molecule has 11 nitrogen and oxygen atoms in total. The molecule has 1 aromatic heterocycles. The van der Waals surface area contributed by atoms with E-state index in [0.717, 1.165) is 50.2 Å². The summed E-state index contributed by atoms with van der Waals surface area (Å²) in [5, 5.41) is 5.14. The standard InChI is InChI=1S/C30H34FI2N5O6S/c1-33-22-18-20(7-8-21(22)31)26-24(27(39)43-2)25(28(40)44-16-17-45-32)36-30(42)38(26)29(41)35-12-5-13-37-14-9-19(10-15-37)23-6-3-4-11-34-23/h3-4,6-8,11,18-19,26H,1,5,9-10,12-17H2,2H3,(H,35,41)(H,36,42). The summed E-state index contributed by atoms with van der Waals surface area (Å²) in [6.07, 6.45) is 4.44. The van der Waals surface area contributed by atoms with Crippen molar-refractivity contribution in [2.75, 3.05) is 45.6 Å². The fourth-order valence-electron chi connectivity index (χ4n) is 5.30. The first-order valence-corrected chi connectivity index (χ1v) is 20.3. The number of methoxy groups -OCH3 is 1. The lowest BCUT2D eigenvalue weighted by Crippen LogP contribution is -2.56. The molecule has 4 amide bonds. The molecule has 2 aromatic rings. The molecule has 1 unspecified atom stereocenters. The number of rotatable bonds is 12. The van der Waals surface area contributed by atoms with Crippen LogP contribution in [0.25, 0.3) is 0 Å². The third-order valence-corrected chi connectivity index (χ3v) is 10.8. The lowest BCUT2D eigenvalue weighted by atomic mass is 9.93. The highest BCUT2D eigenvalue weighted by atomic mass is 127. The smallest absolute Gasteiger partial charge is 0.355 e. The average Bonchev–Trinajstić information content (AvgIpc) is 3.06. The van der Waals surface area contributed by atoms with Gasteiger partial charge in [-0.05, 0) is 89.9 Å². The molecule has 0 aliphatic carbocycles. The Labute approximate surface area is 287 Å². The van der Waals surface area contributed by atoms with Gasteiger partial charge in [-0.3, -0.25) is 4.98 Å². The number of nitrogens with one attached hydrogen (secondary N) is 2. The topological polar surface area (TPSA) is 130 Å². The first-order valence-electron chi connectivity index (χ1n) is 14.2. The second-order valence-electron chi connectivity index (χ2n) is 10.2. The maximum absolute atomic E-state index is 14.5. The van der Waals surface area contributed by atoms with Gasteiger partial charge in [-0.25, -0.2) is 28.5 Å². The van der Waals surface area contributed by atoms with Gasteiger partial charge in [0.05, 0.1) is 12.7 Å². The van der Waals surface area contributed by atoms with Gasteiger partial charge in [0.15, 0.2) is 0 Å². The highest BCUT2D eigenvalue weighted by Gasteiger charge is 2.45. The van der Waals surface area contributed by atoms with Crippen molar-refractivity contribution in [1.29, 1.82) is 0 Å². The van der Waals surface area contributed by atoms with Crippen LogP contribution in [0.4, 0.5) is 14.0 Å². The summed E-state index contributed by atoms with van der Waals surface area (Å²) in [5.74, 6) is -1.47. The van der Waals surface area contributed by atoms with Gasteiger partial charge in [0.1, 0.15) is 24.2 Å². The summed E-state index contributed by atoms with van der Waals surface area (Å²) in [4.78, 5) is 60.8. The molecule has 1 atom stereocenters. The van der Waals surface area contributed by atoms with Crippen molar-refractivity contribution < 1.29 is 33.0 Å². The fraction of sp³-hybridized carbons (Fsp3) is 0.400. The molecule has 3 heterocycles. The van der Waals surface area contributed by atoms with E-state index in [1.807, 2.05) is 18.3 Å². The van der Waals surface area contributed by atoms with Gasteiger partial charge in [-0.1, -0.05) is 46.3 Å². The third kappa shape index (κ3) is 9.00. The summed E-state index contributed by atoms with van der Waals surface area (Å²) in [7, 11) is 2.54. The van der Waals surface area contributed by atoms with E-state index in [1.165, 1.54) is 27.1 Å². The predicted molar refractivity (Wildman–Crippen MR) is 186 cm³/mol. The van der Waals surface area contributed by atoms with Crippen LogP contribution in [0.15, 0.2) is 53.9 Å². The summed E-state index contributed by atoms with van der Waals surface area (Å²) in [6, 6.07) is 6.91. The highest BCUT2D eigenvalue weighted by molar-refractivity contribution is 14.2. The minimum atomic E-state index is -1.38. The third-order valence-electron chi connectivity index (χ3n) is 7.50. The Morgan fingerprint density at radius 3 is 2.67 bits per heavy atom. The summed E-state index contributed by atoms with van der Waals surface area (Å²) >= 11 is 1.07. The summed E-state index contributed by atoms with van der Waals surface area (Å²) in [6.45, 7) is 2.86. The van der Waals surface area contributed by atoms with Gasteiger partial charge in [0.2, 0.25) is 0 Å². The number of aromatic nitrogens is 1. The van der Waals surface area contributed by atoms with Crippen LogP contribution in [0.3, 0.4) is 0 Å². The molecule has 0 bridgehead atoms. The van der Waals surface area contributed by atoms with Gasteiger partial charge >= 0.3 is 24.0 Å². The number of benzene rings is 1. The number of urea groups is 2. The number of likely N-dealkylation sites (tertiary alicyclic amines) is 1. The summed E-state index contributed by atoms with van der Waals surface area (Å²) in [5.41, 5.74) is 0.642. The van der Waals surface area contributed by atoms with E-state index in [0.29, 0.717) is 21.7 Å². The van der Waals surface area contributed by atoms with E-state index in [-0.39, 0.29) is 24.3 Å². The number of ether oxygens (including phenoxy) is 2. The Kier molecular flexibility index (Phi) is 13.6. The zero-order valence-electron chi connectivity index (χ0n) is 24.6. The molecule has 1 saturated heterocycles. The lowest BCUT2D eigenvalue weighted by Gasteiger charge is -2.36. The van der Waals surface area contributed by atoms with Gasteiger partial charge in [-0.15, -0.1) is 0 Å². The maximum atomic E-state index is 14.5. The fourth-order valence-corrected chi connectivity index (χ4v) is 7.11. The second kappa shape index (κ2) is 17.3. The quantitative estimate of drug-likeness (QED) is 0.174. The van der Waals surface area contributed by atoms with Crippen LogP contribution in [-0.4, -0.2) is 88.9 Å². The maximum Gasteiger partial charge on any atom is 0.355 e. The van der Waals surface area contributed by atoms with E-state index in [2.05, 4.69) is 52.3 Å². The van der Waals surface area contributed by atoms with Crippen LogP contribution in [0.1, 0.15) is 42.5 Å². The number of carbonyl (C=O) groups is 4. The van der Waals surface area contributed by atoms with E-state index in [9.17, 15) is 23.6 Å². The van der Waals surface area contributed by atoms with Crippen molar-refractivity contribution in [3.8, 4) is 0 Å². The van der Waals surface area contributed by atoms with Gasteiger partial charge < -0.3 is 25.0 Å². The molecule has 45 heavy (non-hydrogen) atoms. The van der Waals surface area contributed by atoms with Crippen molar-refractivity contribution in [3.63, 3.8) is 0 Å².